The van der Waals surface area contributed by atoms with Gasteiger partial charge >= 0.3 is 0 Å². The first-order valence-corrected chi connectivity index (χ1v) is 43.8. The van der Waals surface area contributed by atoms with Gasteiger partial charge in [-0.1, -0.05) is 343 Å². The normalized spacial score (nSPS) is 25.8. The van der Waals surface area contributed by atoms with Crippen molar-refractivity contribution < 1.29 is 89.4 Å². The van der Waals surface area contributed by atoms with Gasteiger partial charge in [-0.05, 0) is 77.0 Å². The van der Waals surface area contributed by atoms with E-state index in [0.29, 0.717) is 12.8 Å². The lowest BCUT2D eigenvalue weighted by atomic mass is 9.96. The summed E-state index contributed by atoms with van der Waals surface area (Å²) >= 11 is 0. The average molecular weight is 1530 g/mol. The van der Waals surface area contributed by atoms with Gasteiger partial charge < -0.3 is 89.9 Å². The van der Waals surface area contributed by atoms with Crippen LogP contribution in [0.1, 0.15) is 341 Å². The van der Waals surface area contributed by atoms with Crippen molar-refractivity contribution >= 4 is 5.91 Å². The third-order valence-corrected chi connectivity index (χ3v) is 21.4. The molecule has 19 nitrogen and oxygen atoms in total. The Kier molecular flexibility index (Phi) is 62.8. The first kappa shape index (κ1) is 99.2. The van der Waals surface area contributed by atoms with Gasteiger partial charge in [0.05, 0.1) is 38.6 Å². The van der Waals surface area contributed by atoms with E-state index in [4.69, 9.17) is 28.4 Å². The van der Waals surface area contributed by atoms with E-state index < -0.39 is 124 Å². The summed E-state index contributed by atoms with van der Waals surface area (Å²) < 4.78 is 34.5. The highest BCUT2D eigenvalue weighted by Crippen LogP contribution is 2.33. The quantitative estimate of drug-likeness (QED) is 0.0199. The Morgan fingerprint density at radius 1 is 0.343 bits per heavy atom. The van der Waals surface area contributed by atoms with Gasteiger partial charge in [0.2, 0.25) is 5.91 Å². The summed E-state index contributed by atoms with van der Waals surface area (Å²) in [5.41, 5.74) is 0. The van der Waals surface area contributed by atoms with Crippen LogP contribution < -0.4 is 5.32 Å². The zero-order valence-electron chi connectivity index (χ0n) is 67.6. The fourth-order valence-electron chi connectivity index (χ4n) is 14.5. The Balaban J connectivity index is 1.33. The van der Waals surface area contributed by atoms with Crippen molar-refractivity contribution in [1.29, 1.82) is 0 Å². The predicted octanol–water partition coefficient (Wildman–Crippen LogP) is 16.1. The number of aliphatic hydroxyl groups is 11. The highest BCUT2D eigenvalue weighted by Gasteiger charge is 2.54. The molecule has 12 N–H and O–H groups in total. The molecule has 0 saturated carbocycles. The summed E-state index contributed by atoms with van der Waals surface area (Å²) in [6.07, 6.45) is 65.9. The molecule has 628 valence electrons. The molecule has 0 radical (unpaired) electrons. The highest BCUT2D eigenvalue weighted by atomic mass is 16.8. The van der Waals surface area contributed by atoms with Crippen LogP contribution in [-0.2, 0) is 33.2 Å². The van der Waals surface area contributed by atoms with E-state index in [2.05, 4.69) is 92.1 Å². The number of allylic oxidation sites excluding steroid dienone is 13. The zero-order valence-corrected chi connectivity index (χ0v) is 67.6. The summed E-state index contributed by atoms with van der Waals surface area (Å²) in [5, 5.41) is 121. The number of rotatable bonds is 70. The summed E-state index contributed by atoms with van der Waals surface area (Å²) in [6.45, 7) is 1.65. The maximum absolute atomic E-state index is 13.5. The minimum absolute atomic E-state index is 0.236. The molecule has 108 heavy (non-hydrogen) atoms. The van der Waals surface area contributed by atoms with Gasteiger partial charge in [-0.2, -0.15) is 0 Å². The van der Waals surface area contributed by atoms with E-state index in [0.717, 1.165) is 70.6 Å². The van der Waals surface area contributed by atoms with Gasteiger partial charge in [-0.3, -0.25) is 4.79 Å². The smallest absolute Gasteiger partial charge is 0.220 e. The topological polar surface area (TPSA) is 307 Å². The summed E-state index contributed by atoms with van der Waals surface area (Å²) in [5.74, 6) is -0.281. The lowest BCUT2D eigenvalue weighted by Crippen LogP contribution is -2.66. The Bertz CT molecular complexity index is 2280. The fourth-order valence-corrected chi connectivity index (χ4v) is 14.5. The number of hydrogen-bond donors (Lipinski definition) is 12. The van der Waals surface area contributed by atoms with Crippen LogP contribution in [0.3, 0.4) is 0 Å². The van der Waals surface area contributed by atoms with E-state index in [1.807, 2.05) is 6.08 Å². The second-order valence-corrected chi connectivity index (χ2v) is 31.0. The van der Waals surface area contributed by atoms with Gasteiger partial charge in [-0.25, -0.2) is 0 Å². The SMILES string of the molecule is CC/C=C\C/C=C\C/C=C\C/C=C\C/C=C\CCCCCCCCCCCCCCCCCCCCCCCC(=O)NC(COC1OC(CO)C(OC2OC(CO)C(OC3OC(CO)C(O)C(O)C3O)C(O)C2O)C(O)C1O)C(O)/C=C/CC/C=C/CCCCCCCCCCCCCCCCCCCCCC. The molecule has 0 aromatic carbocycles. The molecule has 17 atom stereocenters. The van der Waals surface area contributed by atoms with Crippen LogP contribution >= 0.6 is 0 Å². The van der Waals surface area contributed by atoms with Crippen LogP contribution in [-0.4, -0.2) is 193 Å². The van der Waals surface area contributed by atoms with Crippen molar-refractivity contribution in [3.05, 3.63) is 85.1 Å². The van der Waals surface area contributed by atoms with Crippen molar-refractivity contribution in [2.75, 3.05) is 26.4 Å². The molecular formula is C89H159NO18. The number of amides is 1. The number of ether oxygens (including phenoxy) is 6. The molecular weight excluding hydrogens is 1370 g/mol. The summed E-state index contributed by atoms with van der Waals surface area (Å²) in [7, 11) is 0. The van der Waals surface area contributed by atoms with Gasteiger partial charge in [-0.15, -0.1) is 0 Å². The van der Waals surface area contributed by atoms with Crippen LogP contribution in [0.25, 0.3) is 0 Å². The van der Waals surface area contributed by atoms with Gasteiger partial charge in [0.25, 0.3) is 0 Å². The summed E-state index contributed by atoms with van der Waals surface area (Å²) in [4.78, 5) is 13.5. The van der Waals surface area contributed by atoms with Crippen molar-refractivity contribution in [2.45, 2.75) is 446 Å². The average Bonchev–Trinajstić information content (AvgIpc) is 0.779. The lowest BCUT2D eigenvalue weighted by Gasteiger charge is -2.48. The molecule has 19 heteroatoms. The maximum atomic E-state index is 13.5. The van der Waals surface area contributed by atoms with Crippen LogP contribution in [0.2, 0.25) is 0 Å². The van der Waals surface area contributed by atoms with Crippen LogP contribution in [0.15, 0.2) is 85.1 Å². The monoisotopic (exact) mass is 1530 g/mol. The third-order valence-electron chi connectivity index (χ3n) is 21.4. The molecule has 0 aromatic rings. The minimum Gasteiger partial charge on any atom is -0.394 e. The molecule has 3 saturated heterocycles. The minimum atomic E-state index is -1.98. The fraction of sp³-hybridized carbons (Fsp3) is 0.831. The van der Waals surface area contributed by atoms with Crippen molar-refractivity contribution in [1.82, 2.24) is 5.32 Å². The van der Waals surface area contributed by atoms with E-state index in [9.17, 15) is 61.0 Å². The lowest BCUT2D eigenvalue weighted by molar-refractivity contribution is -0.379. The molecule has 3 aliphatic rings. The van der Waals surface area contributed by atoms with Crippen LogP contribution in [0.5, 0.6) is 0 Å². The standard InChI is InChI=1S/C89H159NO18/c1-3-5-7-9-11-13-15-17-19-21-23-25-27-29-31-32-33-34-35-36-37-38-39-40-41-43-45-47-49-51-53-55-57-59-61-63-65-67-77(95)90-72(73(94)66-64-62-60-58-56-54-52-50-48-46-44-42-30-28-26-24-22-20-18-16-14-12-10-8-6-4-2)71-103-87-83(101)80(98)85(75(69-92)105-87)108-89-84(102)81(99)86(76(70-93)106-89)107-88-82(100)79(97)78(96)74(68-91)104-88/h5,7,11,13,17,19,23,25,29,31,56,58,64,66,72-76,78-89,91-94,96-102H,3-4,6,8-10,12,14-16,18,20-22,24,26-28,30,32-55,57,59-63,65,67-71H2,1-2H3,(H,90,95)/b7-5-,13-11-,19-17-,25-23-,31-29-,58-56+,66-64+. The molecule has 3 fully saturated rings. The third kappa shape index (κ3) is 47.0. The van der Waals surface area contributed by atoms with E-state index in [1.54, 1.807) is 6.08 Å². The number of carbonyl (C=O) groups is 1. The number of nitrogens with one attached hydrogen (secondary N) is 1. The van der Waals surface area contributed by atoms with Gasteiger partial charge in [0.1, 0.15) is 73.2 Å². The van der Waals surface area contributed by atoms with Crippen molar-refractivity contribution in [2.24, 2.45) is 0 Å². The van der Waals surface area contributed by atoms with Crippen molar-refractivity contribution in [3.8, 4) is 0 Å². The number of hydrogen-bond acceptors (Lipinski definition) is 18. The van der Waals surface area contributed by atoms with E-state index in [1.165, 1.54) is 238 Å². The number of unbranched alkanes of at least 4 members (excludes halogenated alkanes) is 42. The number of aliphatic hydroxyl groups excluding tert-OH is 11. The Labute approximate surface area is 654 Å². The van der Waals surface area contributed by atoms with Crippen LogP contribution in [0, 0.1) is 0 Å². The van der Waals surface area contributed by atoms with Crippen molar-refractivity contribution in [3.63, 3.8) is 0 Å². The van der Waals surface area contributed by atoms with E-state index >= 15 is 0 Å². The maximum Gasteiger partial charge on any atom is 0.220 e. The number of carbonyl (C=O) groups excluding carboxylic acids is 1. The Morgan fingerprint density at radius 3 is 1.04 bits per heavy atom. The largest absolute Gasteiger partial charge is 0.394 e. The molecule has 0 aromatic heterocycles. The molecule has 3 aliphatic heterocycles. The predicted molar refractivity (Wildman–Crippen MR) is 434 cm³/mol. The van der Waals surface area contributed by atoms with E-state index in [-0.39, 0.29) is 18.9 Å². The second-order valence-electron chi connectivity index (χ2n) is 31.0. The molecule has 0 aliphatic carbocycles. The molecule has 3 heterocycles. The molecule has 3 rings (SSSR count). The first-order chi connectivity index (χ1) is 52.8. The van der Waals surface area contributed by atoms with Gasteiger partial charge in [0.15, 0.2) is 18.9 Å². The second kappa shape index (κ2) is 68.4. The summed E-state index contributed by atoms with van der Waals surface area (Å²) in [6, 6.07) is -0.994. The first-order valence-electron chi connectivity index (χ1n) is 43.8. The zero-order chi connectivity index (χ0) is 78.1. The molecule has 17 unspecified atom stereocenters. The molecule has 0 spiro atoms. The molecule has 0 bridgehead atoms. The van der Waals surface area contributed by atoms with Gasteiger partial charge in [0, 0.05) is 6.42 Å². The highest BCUT2D eigenvalue weighted by molar-refractivity contribution is 5.76. The Hall–Kier alpha value is -3.03. The Morgan fingerprint density at radius 2 is 0.648 bits per heavy atom. The van der Waals surface area contributed by atoms with Crippen LogP contribution in [0.4, 0.5) is 0 Å². The molecule has 1 amide bonds.